The molecular weight excluding hydrogens is 758 g/mol. The van der Waals surface area contributed by atoms with Crippen molar-refractivity contribution in [3.63, 3.8) is 0 Å². The van der Waals surface area contributed by atoms with Gasteiger partial charge in [0.25, 0.3) is 0 Å². The summed E-state index contributed by atoms with van der Waals surface area (Å²) in [6, 6.07) is 0. The van der Waals surface area contributed by atoms with Crippen molar-refractivity contribution in [3.05, 3.63) is 40.7 Å². The highest BCUT2D eigenvalue weighted by atomic mass is 35.5. The van der Waals surface area contributed by atoms with Gasteiger partial charge in [0.2, 0.25) is 17.2 Å². The molecule has 3 fully saturated rings. The molecule has 3 aliphatic carbocycles. The molecule has 0 aliphatic heterocycles. The average molecular weight is 855 g/mol. The number of aromatic nitrogens is 3. The summed E-state index contributed by atoms with van der Waals surface area (Å²) in [6.45, 7) is 33.8. The quantitative estimate of drug-likeness (QED) is 0.108. The molecule has 4 rings (SSSR count). The van der Waals surface area contributed by atoms with E-state index >= 15 is 0 Å². The fourth-order valence-corrected chi connectivity index (χ4v) is 10.5. The van der Waals surface area contributed by atoms with Gasteiger partial charge in [0, 0.05) is 13.1 Å². The second-order valence-electron chi connectivity index (χ2n) is 20.9. The summed E-state index contributed by atoms with van der Waals surface area (Å²) >= 11 is 5.68. The normalized spacial score (nSPS) is 24.5. The molecule has 3 N–H and O–H groups in total. The van der Waals surface area contributed by atoms with E-state index in [2.05, 4.69) is 114 Å². The van der Waals surface area contributed by atoms with Crippen molar-refractivity contribution in [2.24, 2.45) is 52.8 Å². The van der Waals surface area contributed by atoms with E-state index in [0.29, 0.717) is 17.3 Å². The van der Waals surface area contributed by atoms with E-state index in [0.717, 1.165) is 79.7 Å². The van der Waals surface area contributed by atoms with Gasteiger partial charge < -0.3 is 15.7 Å². The number of anilines is 2. The molecule has 3 aliphatic rings. The van der Waals surface area contributed by atoms with Gasteiger partial charge in [0.15, 0.2) is 0 Å². The Morgan fingerprint density at radius 1 is 0.700 bits per heavy atom. The number of nitrogens with zero attached hydrogens (tertiary/aromatic N) is 3. The van der Waals surface area contributed by atoms with Crippen LogP contribution in [0.4, 0.5) is 11.9 Å². The Morgan fingerprint density at radius 2 is 1.20 bits per heavy atom. The first kappa shape index (κ1) is 54.2. The Hall–Kier alpha value is -1.92. The summed E-state index contributed by atoms with van der Waals surface area (Å²) in [5.41, 5.74) is 4.72. The predicted octanol–water partition coefficient (Wildman–Crippen LogP) is 16.1. The lowest BCUT2D eigenvalue weighted by molar-refractivity contribution is 0.0928. The minimum atomic E-state index is -0.172. The first-order valence-corrected chi connectivity index (χ1v) is 25.5. The predicted molar refractivity (Wildman–Crippen MR) is 264 cm³/mol. The highest BCUT2D eigenvalue weighted by molar-refractivity contribution is 6.28. The second-order valence-corrected chi connectivity index (χ2v) is 21.3. The SMILES string of the molecule is C=C1CC[C@H](O)C/C1=C/C=C1\CCC[C@]2(C)[C@@H]([C@H](C)CCCC(C)C)CC[C@@H]12.CC(C)CCCC(C)CCCC(C)CCCC(C)C.CCNc1nc(Cl)nc(NCC)n1. The lowest BCUT2D eigenvalue weighted by Gasteiger charge is -2.44. The van der Waals surface area contributed by atoms with Crippen LogP contribution < -0.4 is 10.6 Å². The van der Waals surface area contributed by atoms with Gasteiger partial charge in [-0.1, -0.05) is 176 Å². The zero-order valence-corrected chi connectivity index (χ0v) is 42.0. The molecule has 6 nitrogen and oxygen atoms in total. The third-order valence-corrected chi connectivity index (χ3v) is 14.2. The number of fused-ring (bicyclic) bond motifs is 1. The van der Waals surface area contributed by atoms with Crippen LogP contribution >= 0.6 is 11.6 Å². The topological polar surface area (TPSA) is 83.0 Å². The van der Waals surface area contributed by atoms with E-state index in [9.17, 15) is 5.11 Å². The van der Waals surface area contributed by atoms with Crippen LogP contribution in [0.25, 0.3) is 0 Å². The smallest absolute Gasteiger partial charge is 0.228 e. The van der Waals surface area contributed by atoms with E-state index in [1.807, 2.05) is 13.8 Å². The molecule has 7 heteroatoms. The minimum absolute atomic E-state index is 0.172. The van der Waals surface area contributed by atoms with Gasteiger partial charge >= 0.3 is 0 Å². The number of nitrogens with one attached hydrogen (secondary N) is 2. The van der Waals surface area contributed by atoms with Gasteiger partial charge in [-0.2, -0.15) is 15.0 Å². The average Bonchev–Trinajstić information content (AvgIpc) is 3.53. The Kier molecular flexibility index (Phi) is 26.6. The molecular formula is C53H96ClN5O. The van der Waals surface area contributed by atoms with Gasteiger partial charge in [0.05, 0.1) is 6.10 Å². The van der Waals surface area contributed by atoms with Crippen molar-refractivity contribution in [1.82, 2.24) is 15.0 Å². The number of aliphatic hydroxyl groups is 1. The minimum Gasteiger partial charge on any atom is -0.393 e. The van der Waals surface area contributed by atoms with E-state index in [1.54, 1.807) is 5.57 Å². The molecule has 0 saturated heterocycles. The standard InChI is InChI=1S/C27H44O.C19H40.C7H12ClN5/c1-19(2)8-6-9-21(4)25-15-16-26-22(10-7-17-27(25,26)5)12-13-23-18-24(28)14-11-20(23)3;1-16(2)10-7-12-18(5)14-9-15-19(6)13-8-11-17(3)4;1-3-9-6-11-5(8)12-7(13-6)10-4-2/h12-13,19,21,24-26,28H,3,6-11,14-18H2,1-2,4-5H3;16-19H,7-15H2,1-6H3;3-4H2,1-2H3,(H2,9,10,11,12,13)/b22-12+,23-13-;;/t21-,24+,25-,26+,27-;;/m1../s1. The summed E-state index contributed by atoms with van der Waals surface area (Å²) in [6.07, 6.45) is 31.2. The van der Waals surface area contributed by atoms with Crippen LogP contribution in [0.5, 0.6) is 0 Å². The monoisotopic (exact) mass is 854 g/mol. The van der Waals surface area contributed by atoms with Crippen molar-refractivity contribution < 1.29 is 5.11 Å². The van der Waals surface area contributed by atoms with Crippen LogP contribution in [0.3, 0.4) is 0 Å². The number of halogens is 1. The Morgan fingerprint density at radius 3 is 1.70 bits per heavy atom. The highest BCUT2D eigenvalue weighted by Crippen LogP contribution is 2.60. The van der Waals surface area contributed by atoms with E-state index < -0.39 is 0 Å². The van der Waals surface area contributed by atoms with Gasteiger partial charge in [-0.05, 0) is 135 Å². The van der Waals surface area contributed by atoms with Gasteiger partial charge in [0.1, 0.15) is 0 Å². The molecule has 7 atom stereocenters. The molecule has 1 aromatic heterocycles. The van der Waals surface area contributed by atoms with Crippen LogP contribution in [0.2, 0.25) is 5.28 Å². The van der Waals surface area contributed by atoms with Crippen molar-refractivity contribution in [2.75, 3.05) is 23.7 Å². The van der Waals surface area contributed by atoms with Crippen LogP contribution in [0, 0.1) is 52.8 Å². The summed E-state index contributed by atoms with van der Waals surface area (Å²) < 4.78 is 0. The van der Waals surface area contributed by atoms with E-state index in [1.165, 1.54) is 120 Å². The van der Waals surface area contributed by atoms with Crippen LogP contribution in [0.1, 0.15) is 212 Å². The molecule has 0 radical (unpaired) electrons. The summed E-state index contributed by atoms with van der Waals surface area (Å²) in [7, 11) is 0. The third kappa shape index (κ3) is 21.0. The van der Waals surface area contributed by atoms with Crippen molar-refractivity contribution in [2.45, 2.75) is 218 Å². The number of aliphatic hydroxyl groups excluding tert-OH is 1. The number of hydrogen-bond acceptors (Lipinski definition) is 6. The molecule has 60 heavy (non-hydrogen) atoms. The summed E-state index contributed by atoms with van der Waals surface area (Å²) in [4.78, 5) is 11.9. The van der Waals surface area contributed by atoms with E-state index in [4.69, 9.17) is 11.6 Å². The Balaban J connectivity index is 0.000000336. The van der Waals surface area contributed by atoms with Gasteiger partial charge in [-0.25, -0.2) is 0 Å². The van der Waals surface area contributed by atoms with Gasteiger partial charge in [-0.15, -0.1) is 0 Å². The molecule has 1 heterocycles. The number of allylic oxidation sites excluding steroid dienone is 4. The second kappa shape index (κ2) is 29.4. The first-order valence-electron chi connectivity index (χ1n) is 25.1. The molecule has 0 spiro atoms. The fourth-order valence-electron chi connectivity index (χ4n) is 10.3. The first-order chi connectivity index (χ1) is 28.5. The Labute approximate surface area is 376 Å². The molecule has 0 bridgehead atoms. The highest BCUT2D eigenvalue weighted by Gasteiger charge is 2.50. The van der Waals surface area contributed by atoms with Crippen molar-refractivity contribution >= 4 is 23.5 Å². The van der Waals surface area contributed by atoms with Crippen LogP contribution in [-0.4, -0.2) is 39.3 Å². The fraction of sp³-hybridized carbons (Fsp3) is 0.830. The zero-order chi connectivity index (χ0) is 44.7. The molecule has 2 unspecified atom stereocenters. The molecule has 0 aromatic carbocycles. The molecule has 346 valence electrons. The number of rotatable bonds is 22. The van der Waals surface area contributed by atoms with Crippen LogP contribution in [-0.2, 0) is 0 Å². The maximum Gasteiger partial charge on any atom is 0.228 e. The third-order valence-electron chi connectivity index (χ3n) is 14.0. The lowest BCUT2D eigenvalue weighted by Crippen LogP contribution is -2.36. The molecule has 3 saturated carbocycles. The van der Waals surface area contributed by atoms with Gasteiger partial charge in [-0.3, -0.25) is 0 Å². The Bertz CT molecular complexity index is 1340. The zero-order valence-electron chi connectivity index (χ0n) is 41.3. The molecule has 1 aromatic rings. The maximum absolute atomic E-state index is 10.0. The van der Waals surface area contributed by atoms with E-state index in [-0.39, 0.29) is 11.4 Å². The molecule has 0 amide bonds. The number of hydrogen-bond donors (Lipinski definition) is 3. The summed E-state index contributed by atoms with van der Waals surface area (Å²) in [5, 5.41) is 16.1. The lowest BCUT2D eigenvalue weighted by atomic mass is 9.60. The van der Waals surface area contributed by atoms with Crippen molar-refractivity contribution in [3.8, 4) is 0 Å². The van der Waals surface area contributed by atoms with Crippen molar-refractivity contribution in [1.29, 1.82) is 0 Å². The largest absolute Gasteiger partial charge is 0.393 e. The van der Waals surface area contributed by atoms with Crippen LogP contribution in [0.15, 0.2) is 35.5 Å². The summed E-state index contributed by atoms with van der Waals surface area (Å²) in [5.74, 6) is 8.02. The maximum atomic E-state index is 10.0.